The Morgan fingerprint density at radius 3 is 2.37 bits per heavy atom. The van der Waals surface area contributed by atoms with Gasteiger partial charge in [-0.15, -0.1) is 0 Å². The van der Waals surface area contributed by atoms with Crippen LogP contribution in [0, 0.1) is 17.2 Å². The van der Waals surface area contributed by atoms with Gasteiger partial charge in [0.05, 0.1) is 11.6 Å². The van der Waals surface area contributed by atoms with Crippen LogP contribution in [0.2, 0.25) is 0 Å². The van der Waals surface area contributed by atoms with E-state index in [9.17, 15) is 18.0 Å². The maximum atomic E-state index is 12.3. The zero-order valence-corrected chi connectivity index (χ0v) is 10.3. The van der Waals surface area contributed by atoms with Gasteiger partial charge in [0.25, 0.3) is 0 Å². The van der Waals surface area contributed by atoms with E-state index in [2.05, 4.69) is 5.32 Å². The maximum absolute atomic E-state index is 12.3. The van der Waals surface area contributed by atoms with Gasteiger partial charge in [0.2, 0.25) is 5.91 Å². The number of rotatable bonds is 4. The fraction of sp³-hybridized carbons (Fsp3) is 0.385. The quantitative estimate of drug-likeness (QED) is 0.909. The van der Waals surface area contributed by atoms with Gasteiger partial charge in [-0.05, 0) is 30.7 Å². The summed E-state index contributed by atoms with van der Waals surface area (Å²) in [7, 11) is 0. The summed E-state index contributed by atoms with van der Waals surface area (Å²) in [6, 6.07) is 5.97. The number of hydrogen-bond donors (Lipinski definition) is 1. The van der Waals surface area contributed by atoms with Gasteiger partial charge in [0, 0.05) is 5.69 Å². The van der Waals surface area contributed by atoms with Crippen LogP contribution in [0.5, 0.6) is 0 Å². The first-order valence-corrected chi connectivity index (χ1v) is 5.76. The molecule has 1 unspecified atom stereocenters. The number of carbonyl (C=O) groups is 1. The van der Waals surface area contributed by atoms with E-state index in [4.69, 9.17) is 5.26 Å². The SMILES string of the molecule is CCCC(C#N)C(=O)Nc1ccc(C(F)(F)F)cc1. The van der Waals surface area contributed by atoms with Crippen molar-refractivity contribution in [2.75, 3.05) is 5.32 Å². The molecule has 0 aliphatic carbocycles. The zero-order valence-electron chi connectivity index (χ0n) is 10.3. The van der Waals surface area contributed by atoms with E-state index in [1.165, 1.54) is 12.1 Å². The number of nitrogens with one attached hydrogen (secondary N) is 1. The van der Waals surface area contributed by atoms with Gasteiger partial charge in [-0.1, -0.05) is 13.3 Å². The molecule has 0 heterocycles. The van der Waals surface area contributed by atoms with E-state index < -0.39 is 23.6 Å². The maximum Gasteiger partial charge on any atom is 0.416 e. The molecule has 6 heteroatoms. The molecule has 0 spiro atoms. The van der Waals surface area contributed by atoms with E-state index in [1.54, 1.807) is 0 Å². The number of amides is 1. The Labute approximate surface area is 109 Å². The van der Waals surface area contributed by atoms with E-state index in [0.29, 0.717) is 12.8 Å². The Balaban J connectivity index is 2.73. The van der Waals surface area contributed by atoms with E-state index in [1.807, 2.05) is 13.0 Å². The topological polar surface area (TPSA) is 52.9 Å². The fourth-order valence-electron chi connectivity index (χ4n) is 1.51. The highest BCUT2D eigenvalue weighted by molar-refractivity contribution is 5.94. The van der Waals surface area contributed by atoms with Crippen LogP contribution < -0.4 is 5.32 Å². The number of benzene rings is 1. The molecule has 0 aliphatic heterocycles. The first-order chi connectivity index (χ1) is 8.88. The minimum atomic E-state index is -4.40. The lowest BCUT2D eigenvalue weighted by molar-refractivity contribution is -0.137. The third-order valence-corrected chi connectivity index (χ3v) is 2.53. The molecule has 102 valence electrons. The second-order valence-electron chi connectivity index (χ2n) is 4.03. The van der Waals surface area contributed by atoms with Crippen LogP contribution in [-0.2, 0) is 11.0 Å². The van der Waals surface area contributed by atoms with Crippen molar-refractivity contribution in [2.45, 2.75) is 25.9 Å². The van der Waals surface area contributed by atoms with Crippen molar-refractivity contribution < 1.29 is 18.0 Å². The van der Waals surface area contributed by atoms with Crippen LogP contribution in [0.25, 0.3) is 0 Å². The number of nitriles is 1. The van der Waals surface area contributed by atoms with Crippen LogP contribution >= 0.6 is 0 Å². The molecule has 0 aromatic heterocycles. The van der Waals surface area contributed by atoms with Gasteiger partial charge in [-0.25, -0.2) is 0 Å². The van der Waals surface area contributed by atoms with Crippen molar-refractivity contribution in [3.05, 3.63) is 29.8 Å². The summed E-state index contributed by atoms with van der Waals surface area (Å²) >= 11 is 0. The average molecular weight is 270 g/mol. The molecule has 0 saturated heterocycles. The molecule has 1 atom stereocenters. The lowest BCUT2D eigenvalue weighted by atomic mass is 10.0. The molecule has 0 saturated carbocycles. The highest BCUT2D eigenvalue weighted by Crippen LogP contribution is 2.29. The largest absolute Gasteiger partial charge is 0.416 e. The van der Waals surface area contributed by atoms with Crippen molar-refractivity contribution >= 4 is 11.6 Å². The molecule has 0 radical (unpaired) electrons. The molecule has 0 aliphatic rings. The normalized spacial score (nSPS) is 12.6. The van der Waals surface area contributed by atoms with E-state index in [0.717, 1.165) is 12.1 Å². The molecular formula is C13H13F3N2O. The molecule has 1 aromatic rings. The average Bonchev–Trinajstić information content (AvgIpc) is 2.35. The van der Waals surface area contributed by atoms with Crippen molar-refractivity contribution in [3.63, 3.8) is 0 Å². The van der Waals surface area contributed by atoms with Crippen molar-refractivity contribution in [3.8, 4) is 6.07 Å². The molecule has 3 nitrogen and oxygen atoms in total. The molecular weight excluding hydrogens is 257 g/mol. The Kier molecular flexibility index (Phi) is 4.93. The third-order valence-electron chi connectivity index (χ3n) is 2.53. The summed E-state index contributed by atoms with van der Waals surface area (Å²) in [6.45, 7) is 1.84. The molecule has 0 bridgehead atoms. The minimum absolute atomic E-state index is 0.245. The number of nitrogens with zero attached hydrogens (tertiary/aromatic N) is 1. The highest BCUT2D eigenvalue weighted by Gasteiger charge is 2.30. The lowest BCUT2D eigenvalue weighted by Gasteiger charge is -2.11. The third kappa shape index (κ3) is 4.28. The Morgan fingerprint density at radius 1 is 1.37 bits per heavy atom. The van der Waals surface area contributed by atoms with Gasteiger partial charge in [-0.2, -0.15) is 18.4 Å². The predicted octanol–water partition coefficient (Wildman–Crippen LogP) is 3.58. The molecule has 1 rings (SSSR count). The number of hydrogen-bond acceptors (Lipinski definition) is 2. The molecule has 19 heavy (non-hydrogen) atoms. The first kappa shape index (κ1) is 15.0. The molecule has 1 amide bonds. The van der Waals surface area contributed by atoms with E-state index in [-0.39, 0.29) is 5.69 Å². The van der Waals surface area contributed by atoms with Gasteiger partial charge >= 0.3 is 6.18 Å². The van der Waals surface area contributed by atoms with Crippen molar-refractivity contribution in [2.24, 2.45) is 5.92 Å². The summed E-state index contributed by atoms with van der Waals surface area (Å²) in [4.78, 5) is 11.7. The van der Waals surface area contributed by atoms with Gasteiger partial charge in [0.15, 0.2) is 0 Å². The Bertz CT molecular complexity index is 474. The molecule has 0 fully saturated rings. The summed E-state index contributed by atoms with van der Waals surface area (Å²) in [5.41, 5.74) is -0.537. The van der Waals surface area contributed by atoms with Crippen LogP contribution in [0.15, 0.2) is 24.3 Å². The van der Waals surface area contributed by atoms with E-state index >= 15 is 0 Å². The highest BCUT2D eigenvalue weighted by atomic mass is 19.4. The van der Waals surface area contributed by atoms with Crippen LogP contribution in [0.1, 0.15) is 25.3 Å². The molecule has 1 N–H and O–H groups in total. The fourth-order valence-corrected chi connectivity index (χ4v) is 1.51. The second kappa shape index (κ2) is 6.23. The van der Waals surface area contributed by atoms with Crippen LogP contribution in [-0.4, -0.2) is 5.91 Å². The van der Waals surface area contributed by atoms with Crippen LogP contribution in [0.3, 0.4) is 0 Å². The summed E-state index contributed by atoms with van der Waals surface area (Å²) in [6.07, 6.45) is -3.30. The summed E-state index contributed by atoms with van der Waals surface area (Å²) in [5.74, 6) is -1.28. The number of alkyl halides is 3. The van der Waals surface area contributed by atoms with Crippen LogP contribution in [0.4, 0.5) is 18.9 Å². The predicted molar refractivity (Wildman–Crippen MR) is 64.1 cm³/mol. The number of halogens is 3. The van der Waals surface area contributed by atoms with Crippen molar-refractivity contribution in [1.29, 1.82) is 5.26 Å². The first-order valence-electron chi connectivity index (χ1n) is 5.76. The standard InChI is InChI=1S/C13H13F3N2O/c1-2-3-9(8-17)12(19)18-11-6-4-10(5-7-11)13(14,15)16/h4-7,9H,2-3H2,1H3,(H,18,19). The monoisotopic (exact) mass is 270 g/mol. The van der Waals surface area contributed by atoms with Gasteiger partial charge in [0.1, 0.15) is 5.92 Å². The molecule has 1 aromatic carbocycles. The minimum Gasteiger partial charge on any atom is -0.325 e. The Morgan fingerprint density at radius 2 is 1.95 bits per heavy atom. The summed E-state index contributed by atoms with van der Waals surface area (Å²) in [5, 5.41) is 11.2. The van der Waals surface area contributed by atoms with Crippen molar-refractivity contribution in [1.82, 2.24) is 0 Å². The number of carbonyl (C=O) groups excluding carboxylic acids is 1. The smallest absolute Gasteiger partial charge is 0.325 e. The Hall–Kier alpha value is -2.03. The van der Waals surface area contributed by atoms with Gasteiger partial charge < -0.3 is 5.32 Å². The second-order valence-corrected chi connectivity index (χ2v) is 4.03. The lowest BCUT2D eigenvalue weighted by Crippen LogP contribution is -2.21. The number of anilines is 1. The zero-order chi connectivity index (χ0) is 14.5. The van der Waals surface area contributed by atoms with Gasteiger partial charge in [-0.3, -0.25) is 4.79 Å². The summed E-state index contributed by atoms with van der Waals surface area (Å²) < 4.78 is 37.0.